The molecule has 0 spiro atoms. The summed E-state index contributed by atoms with van der Waals surface area (Å²) in [5.74, 6) is 1.79. The van der Waals surface area contributed by atoms with E-state index in [9.17, 15) is 0 Å². The summed E-state index contributed by atoms with van der Waals surface area (Å²) in [6, 6.07) is 13.9. The zero-order chi connectivity index (χ0) is 13.9. The number of hydrogen-bond donors (Lipinski definition) is 1. The van der Waals surface area contributed by atoms with Crippen molar-refractivity contribution in [2.45, 2.75) is 6.54 Å². The third kappa shape index (κ3) is 2.49. The average molecular weight is 332 g/mol. The summed E-state index contributed by atoms with van der Waals surface area (Å²) in [4.78, 5) is 4.53. The van der Waals surface area contributed by atoms with Crippen LogP contribution in [0.5, 0.6) is 5.75 Å². The van der Waals surface area contributed by atoms with E-state index in [1.165, 1.54) is 0 Å². The number of hydrogen-bond acceptors (Lipinski definition) is 3. The maximum atomic E-state index is 5.21. The fourth-order valence-corrected chi connectivity index (χ4v) is 2.63. The van der Waals surface area contributed by atoms with Crippen molar-refractivity contribution in [2.24, 2.45) is 0 Å². The normalized spacial score (nSPS) is 10.7. The van der Waals surface area contributed by atoms with E-state index in [-0.39, 0.29) is 0 Å². The van der Waals surface area contributed by atoms with Crippen molar-refractivity contribution < 1.29 is 4.74 Å². The van der Waals surface area contributed by atoms with Crippen molar-refractivity contribution in [3.63, 3.8) is 0 Å². The van der Waals surface area contributed by atoms with Crippen molar-refractivity contribution in [1.29, 1.82) is 0 Å². The topological polar surface area (TPSA) is 38.6 Å². The highest BCUT2D eigenvalue weighted by Gasteiger charge is 2.07. The predicted molar refractivity (Wildman–Crippen MR) is 83.2 cm³/mol. The van der Waals surface area contributed by atoms with Gasteiger partial charge in [-0.15, -0.1) is 0 Å². The molecule has 102 valence electrons. The number of nitrogens with zero attached hydrogens (tertiary/aromatic N) is 2. The second kappa shape index (κ2) is 5.54. The Bertz CT molecular complexity index is 739. The smallest absolute Gasteiger partial charge is 0.134 e. The van der Waals surface area contributed by atoms with E-state index >= 15 is 0 Å². The van der Waals surface area contributed by atoms with Gasteiger partial charge >= 0.3 is 0 Å². The highest BCUT2D eigenvalue weighted by Crippen LogP contribution is 2.20. The van der Waals surface area contributed by atoms with Gasteiger partial charge in [0.1, 0.15) is 16.2 Å². The number of ether oxygens (including phenoxy) is 1. The number of imidazole rings is 1. The molecule has 0 bridgehead atoms. The van der Waals surface area contributed by atoms with Gasteiger partial charge in [0.15, 0.2) is 0 Å². The largest absolute Gasteiger partial charge is 0.497 e. The van der Waals surface area contributed by atoms with Crippen LogP contribution in [0, 0.1) is 0 Å². The summed E-state index contributed by atoms with van der Waals surface area (Å²) in [6.07, 6.45) is 2.01. The Hall–Kier alpha value is -2.01. The highest BCUT2D eigenvalue weighted by atomic mass is 79.9. The first-order valence-electron chi connectivity index (χ1n) is 6.27. The lowest BCUT2D eigenvalue weighted by Crippen LogP contribution is -2.04. The number of anilines is 1. The van der Waals surface area contributed by atoms with Crippen LogP contribution in [0.25, 0.3) is 5.52 Å². The van der Waals surface area contributed by atoms with Crippen molar-refractivity contribution in [1.82, 2.24) is 9.38 Å². The van der Waals surface area contributed by atoms with Crippen LogP contribution in [0.15, 0.2) is 53.3 Å². The van der Waals surface area contributed by atoms with Crippen LogP contribution in [0.4, 0.5) is 5.69 Å². The molecule has 3 rings (SSSR count). The van der Waals surface area contributed by atoms with Crippen LogP contribution in [0.2, 0.25) is 0 Å². The minimum Gasteiger partial charge on any atom is -0.497 e. The Morgan fingerprint density at radius 3 is 3.00 bits per heavy atom. The molecule has 2 aromatic heterocycles. The fourth-order valence-electron chi connectivity index (χ4n) is 2.10. The van der Waals surface area contributed by atoms with Crippen LogP contribution >= 0.6 is 15.9 Å². The Morgan fingerprint density at radius 2 is 2.15 bits per heavy atom. The van der Waals surface area contributed by atoms with Gasteiger partial charge in [0, 0.05) is 18.0 Å². The lowest BCUT2D eigenvalue weighted by molar-refractivity contribution is 0.415. The third-order valence-corrected chi connectivity index (χ3v) is 3.68. The molecular weight excluding hydrogens is 318 g/mol. The monoisotopic (exact) mass is 331 g/mol. The lowest BCUT2D eigenvalue weighted by Gasteiger charge is -2.07. The molecule has 0 aliphatic heterocycles. The van der Waals surface area contributed by atoms with E-state index in [4.69, 9.17) is 4.74 Å². The first kappa shape index (κ1) is 13.0. The molecule has 0 radical (unpaired) electrons. The summed E-state index contributed by atoms with van der Waals surface area (Å²) >= 11 is 3.49. The van der Waals surface area contributed by atoms with E-state index < -0.39 is 0 Å². The SMILES string of the molecule is COc1cccc(NCc2nc(Br)c3ccccn23)c1. The molecule has 0 amide bonds. The predicted octanol–water partition coefficient (Wildman–Crippen LogP) is 3.72. The number of benzene rings is 1. The molecule has 3 aromatic rings. The number of rotatable bonds is 4. The molecule has 0 aliphatic rings. The van der Waals surface area contributed by atoms with Gasteiger partial charge in [-0.3, -0.25) is 0 Å². The molecule has 20 heavy (non-hydrogen) atoms. The second-order valence-corrected chi connectivity index (χ2v) is 5.11. The van der Waals surface area contributed by atoms with Crippen LogP contribution in [-0.2, 0) is 6.54 Å². The van der Waals surface area contributed by atoms with E-state index in [0.29, 0.717) is 6.54 Å². The molecule has 0 aliphatic carbocycles. The summed E-state index contributed by atoms with van der Waals surface area (Å²) in [6.45, 7) is 0.643. The molecule has 4 nitrogen and oxygen atoms in total. The molecule has 1 aromatic carbocycles. The number of nitrogens with one attached hydrogen (secondary N) is 1. The fraction of sp³-hybridized carbons (Fsp3) is 0.133. The summed E-state index contributed by atoms with van der Waals surface area (Å²) in [7, 11) is 1.67. The van der Waals surface area contributed by atoms with Crippen molar-refractivity contribution >= 4 is 27.1 Å². The Balaban J connectivity index is 1.83. The van der Waals surface area contributed by atoms with Gasteiger partial charge in [0.25, 0.3) is 0 Å². The van der Waals surface area contributed by atoms with E-state index in [1.54, 1.807) is 7.11 Å². The second-order valence-electron chi connectivity index (χ2n) is 4.36. The highest BCUT2D eigenvalue weighted by molar-refractivity contribution is 9.10. The lowest BCUT2D eigenvalue weighted by atomic mass is 10.3. The van der Waals surface area contributed by atoms with E-state index in [0.717, 1.165) is 27.4 Å². The van der Waals surface area contributed by atoms with E-state index in [2.05, 4.69) is 30.6 Å². The zero-order valence-corrected chi connectivity index (χ0v) is 12.6. The quantitative estimate of drug-likeness (QED) is 0.791. The first-order valence-corrected chi connectivity index (χ1v) is 7.06. The summed E-state index contributed by atoms with van der Waals surface area (Å²) in [5, 5.41) is 3.36. The molecule has 2 heterocycles. The van der Waals surface area contributed by atoms with Gasteiger partial charge < -0.3 is 14.5 Å². The van der Waals surface area contributed by atoms with E-state index in [1.807, 2.05) is 48.7 Å². The summed E-state index contributed by atoms with van der Waals surface area (Å²) < 4.78 is 8.14. The standard InChI is InChI=1S/C15H14BrN3O/c1-20-12-6-4-5-11(9-12)17-10-14-18-15(16)13-7-2-3-8-19(13)14/h2-9,17H,10H2,1H3. The van der Waals surface area contributed by atoms with Crippen molar-refractivity contribution in [3.8, 4) is 5.75 Å². The molecule has 0 saturated heterocycles. The van der Waals surface area contributed by atoms with Crippen LogP contribution < -0.4 is 10.1 Å². The number of methoxy groups -OCH3 is 1. The maximum Gasteiger partial charge on any atom is 0.134 e. The number of aromatic nitrogens is 2. The van der Waals surface area contributed by atoms with Crippen molar-refractivity contribution in [2.75, 3.05) is 12.4 Å². The minimum atomic E-state index is 0.643. The first-order chi connectivity index (χ1) is 9.78. The molecule has 0 fully saturated rings. The average Bonchev–Trinajstić information content (AvgIpc) is 2.82. The molecular formula is C15H14BrN3O. The van der Waals surface area contributed by atoms with Crippen LogP contribution in [0.3, 0.4) is 0 Å². The zero-order valence-electron chi connectivity index (χ0n) is 11.0. The van der Waals surface area contributed by atoms with Gasteiger partial charge in [0.05, 0.1) is 19.2 Å². The maximum absolute atomic E-state index is 5.21. The number of halogens is 1. The summed E-state index contributed by atoms with van der Waals surface area (Å²) in [5.41, 5.74) is 2.07. The van der Waals surface area contributed by atoms with Crippen molar-refractivity contribution in [3.05, 3.63) is 59.1 Å². The van der Waals surface area contributed by atoms with Gasteiger partial charge in [-0.25, -0.2) is 4.98 Å². The Morgan fingerprint density at radius 1 is 1.25 bits per heavy atom. The van der Waals surface area contributed by atoms with Crippen LogP contribution in [-0.4, -0.2) is 16.5 Å². The van der Waals surface area contributed by atoms with Gasteiger partial charge in [-0.2, -0.15) is 0 Å². The minimum absolute atomic E-state index is 0.643. The van der Waals surface area contributed by atoms with Crippen LogP contribution in [0.1, 0.15) is 5.82 Å². The Kier molecular flexibility index (Phi) is 3.60. The number of pyridine rings is 1. The molecule has 0 atom stereocenters. The molecule has 1 N–H and O–H groups in total. The molecule has 0 saturated carbocycles. The molecule has 5 heteroatoms. The number of fused-ring (bicyclic) bond motifs is 1. The Labute approximate surface area is 125 Å². The van der Waals surface area contributed by atoms with Gasteiger partial charge in [-0.1, -0.05) is 12.1 Å². The van der Waals surface area contributed by atoms with Gasteiger partial charge in [-0.05, 0) is 40.2 Å². The molecule has 0 unspecified atom stereocenters. The van der Waals surface area contributed by atoms with Gasteiger partial charge in [0.2, 0.25) is 0 Å². The third-order valence-electron chi connectivity index (χ3n) is 3.10.